The lowest BCUT2D eigenvalue weighted by Crippen LogP contribution is -2.30. The van der Waals surface area contributed by atoms with E-state index in [1.165, 1.54) is 28.7 Å². The summed E-state index contributed by atoms with van der Waals surface area (Å²) in [5, 5.41) is 19.0. The Kier molecular flexibility index (Phi) is 12.0. The quantitative estimate of drug-likeness (QED) is 0.0880. The molecule has 0 radical (unpaired) electrons. The highest BCUT2D eigenvalue weighted by molar-refractivity contribution is 8.00. The van der Waals surface area contributed by atoms with Crippen LogP contribution in [0.3, 0.4) is 0 Å². The molecule has 0 saturated carbocycles. The first-order chi connectivity index (χ1) is 25.3. The first-order valence-electron chi connectivity index (χ1n) is 17.1. The minimum Gasteiger partial charge on any atom is -0.321 e. The molecule has 0 aliphatic carbocycles. The number of hydrogen-bond acceptors (Lipinski definition) is 7. The fraction of sp³-hybridized carbons (Fsp3) is 0.190. The lowest BCUT2D eigenvalue weighted by atomic mass is 10.0. The van der Waals surface area contributed by atoms with Gasteiger partial charge in [0.1, 0.15) is 16.8 Å². The van der Waals surface area contributed by atoms with Crippen LogP contribution in [0.15, 0.2) is 120 Å². The monoisotopic (exact) mass is 725 g/mol. The van der Waals surface area contributed by atoms with Crippen molar-refractivity contribution in [1.29, 1.82) is 5.26 Å². The Bertz CT molecular complexity index is 2120. The Hall–Kier alpha value is -5.47. The molecule has 0 bridgehead atoms. The minimum atomic E-state index is -0.482. The van der Waals surface area contributed by atoms with Crippen LogP contribution in [0.2, 0.25) is 0 Å². The molecule has 1 atom stereocenters. The predicted molar refractivity (Wildman–Crippen MR) is 210 cm³/mol. The summed E-state index contributed by atoms with van der Waals surface area (Å²) in [6, 6.07) is 36.4. The number of fused-ring (bicyclic) bond motifs is 1. The molecular formula is C42H39N5O3S2. The zero-order chi connectivity index (χ0) is 36.5. The van der Waals surface area contributed by atoms with Crippen molar-refractivity contribution in [3.05, 3.63) is 153 Å². The van der Waals surface area contributed by atoms with Crippen molar-refractivity contribution in [3.63, 3.8) is 0 Å². The number of aryl methyl sites for hydroxylation is 1. The standard InChI is InChI=1S/C42H39N5O3S2/c1-3-37(41(50)46-42-35(25-43)34-21-22-47(27-38(34)52-42)26-30-11-6-4-7-12-30)51-33-16-10-15-32(24-33)44-40(49)36(23-29-19-17-28(2)18-20-29)45-39(48)31-13-8-5-9-14-31/h4-20,23-24,37H,3,21-22,26-27H2,1-2H3,(H,44,49)(H,45,48)(H,46,50)/b36-23-. The number of thioether (sulfide) groups is 1. The second-order valence-electron chi connectivity index (χ2n) is 12.5. The van der Waals surface area contributed by atoms with Gasteiger partial charge in [-0.25, -0.2) is 0 Å². The number of nitrogens with zero attached hydrogens (tertiary/aromatic N) is 2. The molecule has 5 aromatic rings. The van der Waals surface area contributed by atoms with E-state index in [4.69, 9.17) is 0 Å². The highest BCUT2D eigenvalue weighted by Crippen LogP contribution is 2.38. The maximum Gasteiger partial charge on any atom is 0.272 e. The first kappa shape index (κ1) is 36.3. The van der Waals surface area contributed by atoms with E-state index in [9.17, 15) is 19.6 Å². The zero-order valence-corrected chi connectivity index (χ0v) is 30.7. The maximum absolute atomic E-state index is 13.6. The SMILES string of the molecule is CCC(Sc1cccc(NC(=O)/C(=C/c2ccc(C)cc2)NC(=O)c2ccccc2)c1)C(=O)Nc1sc2c(c1C#N)CCN(Cc1ccccc1)C2. The van der Waals surface area contributed by atoms with Crippen LogP contribution in [0, 0.1) is 18.3 Å². The molecule has 10 heteroatoms. The van der Waals surface area contributed by atoms with E-state index in [-0.39, 0.29) is 11.6 Å². The lowest BCUT2D eigenvalue weighted by molar-refractivity contribution is -0.116. The smallest absolute Gasteiger partial charge is 0.272 e. The number of benzene rings is 4. The van der Waals surface area contributed by atoms with Gasteiger partial charge in [-0.3, -0.25) is 19.3 Å². The van der Waals surface area contributed by atoms with E-state index in [2.05, 4.69) is 39.1 Å². The van der Waals surface area contributed by atoms with E-state index in [1.807, 2.05) is 80.6 Å². The Morgan fingerprint density at radius 1 is 0.942 bits per heavy atom. The second kappa shape index (κ2) is 17.2. The van der Waals surface area contributed by atoms with Crippen LogP contribution in [-0.4, -0.2) is 34.4 Å². The van der Waals surface area contributed by atoms with Gasteiger partial charge in [-0.1, -0.05) is 91.3 Å². The fourth-order valence-electron chi connectivity index (χ4n) is 5.94. The van der Waals surface area contributed by atoms with Gasteiger partial charge in [-0.05, 0) is 72.9 Å². The van der Waals surface area contributed by atoms with Crippen LogP contribution in [0.25, 0.3) is 6.08 Å². The van der Waals surface area contributed by atoms with Crippen LogP contribution in [0.4, 0.5) is 10.7 Å². The Labute approximate surface area is 312 Å². The number of carbonyl (C=O) groups excluding carboxylic acids is 3. The summed E-state index contributed by atoms with van der Waals surface area (Å²) in [6.45, 7) is 6.36. The van der Waals surface area contributed by atoms with Gasteiger partial charge in [-0.2, -0.15) is 5.26 Å². The van der Waals surface area contributed by atoms with Crippen molar-refractivity contribution in [2.24, 2.45) is 0 Å². The average Bonchev–Trinajstić information content (AvgIpc) is 3.51. The van der Waals surface area contributed by atoms with Gasteiger partial charge >= 0.3 is 0 Å². The van der Waals surface area contributed by atoms with E-state index < -0.39 is 17.1 Å². The van der Waals surface area contributed by atoms with Crippen molar-refractivity contribution in [1.82, 2.24) is 10.2 Å². The van der Waals surface area contributed by atoms with E-state index in [0.29, 0.717) is 28.2 Å². The predicted octanol–water partition coefficient (Wildman–Crippen LogP) is 8.41. The minimum absolute atomic E-state index is 0.0942. The molecule has 1 aliphatic heterocycles. The fourth-order valence-corrected chi connectivity index (χ4v) is 8.19. The lowest BCUT2D eigenvalue weighted by Gasteiger charge is -2.26. The number of amides is 3. The molecule has 1 aromatic heterocycles. The first-order valence-corrected chi connectivity index (χ1v) is 18.8. The molecule has 0 spiro atoms. The second-order valence-corrected chi connectivity index (χ2v) is 14.9. The summed E-state index contributed by atoms with van der Waals surface area (Å²) < 4.78 is 0. The Morgan fingerprint density at radius 2 is 1.67 bits per heavy atom. The summed E-state index contributed by atoms with van der Waals surface area (Å²) >= 11 is 2.88. The van der Waals surface area contributed by atoms with E-state index in [1.54, 1.807) is 36.4 Å². The zero-order valence-electron chi connectivity index (χ0n) is 29.0. The summed E-state index contributed by atoms with van der Waals surface area (Å²) in [4.78, 5) is 44.6. The number of nitriles is 1. The molecule has 0 saturated heterocycles. The van der Waals surface area contributed by atoms with Gasteiger partial charge in [0, 0.05) is 40.7 Å². The Morgan fingerprint density at radius 3 is 2.38 bits per heavy atom. The van der Waals surface area contributed by atoms with Gasteiger partial charge < -0.3 is 16.0 Å². The number of thiophene rings is 1. The largest absolute Gasteiger partial charge is 0.321 e. The van der Waals surface area contributed by atoms with Crippen LogP contribution in [0.1, 0.15) is 56.4 Å². The normalized spacial score (nSPS) is 13.4. The summed E-state index contributed by atoms with van der Waals surface area (Å²) in [7, 11) is 0. The van der Waals surface area contributed by atoms with E-state index >= 15 is 0 Å². The number of rotatable bonds is 12. The number of carbonyl (C=O) groups is 3. The molecule has 262 valence electrons. The molecule has 8 nitrogen and oxygen atoms in total. The highest BCUT2D eigenvalue weighted by Gasteiger charge is 2.27. The van der Waals surface area contributed by atoms with Gasteiger partial charge in [-0.15, -0.1) is 23.1 Å². The van der Waals surface area contributed by atoms with Crippen LogP contribution < -0.4 is 16.0 Å². The molecular weight excluding hydrogens is 687 g/mol. The molecule has 2 heterocycles. The third-order valence-corrected chi connectivity index (χ3v) is 11.2. The van der Waals surface area contributed by atoms with Crippen LogP contribution >= 0.6 is 23.1 Å². The van der Waals surface area contributed by atoms with Crippen LogP contribution in [-0.2, 0) is 29.1 Å². The molecule has 3 N–H and O–H groups in total. The third-order valence-electron chi connectivity index (χ3n) is 8.68. The molecule has 52 heavy (non-hydrogen) atoms. The molecule has 0 fully saturated rings. The third kappa shape index (κ3) is 9.25. The van der Waals surface area contributed by atoms with Gasteiger partial charge in [0.05, 0.1) is 10.8 Å². The van der Waals surface area contributed by atoms with Crippen molar-refractivity contribution < 1.29 is 14.4 Å². The molecule has 4 aromatic carbocycles. The Balaban J connectivity index is 1.13. The van der Waals surface area contributed by atoms with Gasteiger partial charge in [0.2, 0.25) is 5.91 Å². The van der Waals surface area contributed by atoms with Crippen molar-refractivity contribution in [2.45, 2.75) is 49.9 Å². The number of anilines is 2. The molecule has 1 unspecified atom stereocenters. The maximum atomic E-state index is 13.6. The number of hydrogen-bond donors (Lipinski definition) is 3. The van der Waals surface area contributed by atoms with Crippen molar-refractivity contribution >= 4 is 57.6 Å². The van der Waals surface area contributed by atoms with Crippen molar-refractivity contribution in [3.8, 4) is 6.07 Å². The van der Waals surface area contributed by atoms with E-state index in [0.717, 1.165) is 52.5 Å². The van der Waals surface area contributed by atoms with Crippen LogP contribution in [0.5, 0.6) is 0 Å². The molecule has 1 aliphatic rings. The van der Waals surface area contributed by atoms with Gasteiger partial charge in [0.15, 0.2) is 0 Å². The topological polar surface area (TPSA) is 114 Å². The van der Waals surface area contributed by atoms with Gasteiger partial charge in [0.25, 0.3) is 11.8 Å². The molecule has 3 amide bonds. The number of nitrogens with one attached hydrogen (secondary N) is 3. The highest BCUT2D eigenvalue weighted by atomic mass is 32.2. The molecule has 6 rings (SSSR count). The summed E-state index contributed by atoms with van der Waals surface area (Å²) in [5.74, 6) is -1.05. The van der Waals surface area contributed by atoms with Crippen molar-refractivity contribution in [2.75, 3.05) is 17.2 Å². The summed E-state index contributed by atoms with van der Waals surface area (Å²) in [5.41, 5.74) is 5.73. The average molecular weight is 726 g/mol. The summed E-state index contributed by atoms with van der Waals surface area (Å²) in [6.07, 6.45) is 2.96.